The van der Waals surface area contributed by atoms with Crippen molar-refractivity contribution >= 4 is 10.8 Å². The van der Waals surface area contributed by atoms with Gasteiger partial charge in [0.15, 0.2) is 5.82 Å². The molecule has 232 valence electrons. The summed E-state index contributed by atoms with van der Waals surface area (Å²) in [5, 5.41) is 2.53. The van der Waals surface area contributed by atoms with Crippen molar-refractivity contribution in [3.8, 4) is 67.3 Å². The molecule has 0 amide bonds. The highest BCUT2D eigenvalue weighted by Gasteiger charge is 2.38. The van der Waals surface area contributed by atoms with Gasteiger partial charge in [-0.15, -0.1) is 0 Å². The molecule has 1 aliphatic carbocycles. The summed E-state index contributed by atoms with van der Waals surface area (Å²) in [5.41, 5.74) is 15.0. The fourth-order valence-corrected chi connectivity index (χ4v) is 7.56. The van der Waals surface area contributed by atoms with E-state index in [0.29, 0.717) is 0 Å². The molecule has 0 aliphatic heterocycles. The Bertz CT molecular complexity index is 2440. The van der Waals surface area contributed by atoms with Crippen molar-refractivity contribution in [2.24, 2.45) is 0 Å². The van der Waals surface area contributed by atoms with Crippen LogP contribution in [0.1, 0.15) is 25.0 Å². The smallest absolute Gasteiger partial charge is 0.160 e. The third-order valence-electron chi connectivity index (χ3n) is 10.1. The predicted molar refractivity (Wildman–Crippen MR) is 204 cm³/mol. The summed E-state index contributed by atoms with van der Waals surface area (Å²) < 4.78 is 0. The average Bonchev–Trinajstić information content (AvgIpc) is 3.39. The van der Waals surface area contributed by atoms with E-state index >= 15 is 0 Å². The number of nitrogens with zero attached hydrogens (tertiary/aromatic N) is 2. The van der Waals surface area contributed by atoms with Crippen LogP contribution >= 0.6 is 0 Å². The van der Waals surface area contributed by atoms with Crippen LogP contribution < -0.4 is 0 Å². The predicted octanol–water partition coefficient (Wildman–Crippen LogP) is 12.3. The lowest BCUT2D eigenvalue weighted by Crippen LogP contribution is -2.15. The first-order valence-corrected chi connectivity index (χ1v) is 16.9. The molecule has 0 bridgehead atoms. The molecule has 2 nitrogen and oxygen atoms in total. The van der Waals surface area contributed by atoms with Gasteiger partial charge in [-0.25, -0.2) is 9.97 Å². The quantitative estimate of drug-likeness (QED) is 0.190. The Balaban J connectivity index is 1.25. The molecule has 0 atom stereocenters. The van der Waals surface area contributed by atoms with Gasteiger partial charge >= 0.3 is 0 Å². The SMILES string of the molecule is CC1(C)c2cc(-c3nc(-c4ccccc4)cc(-c4ccccc4)n3)ccc2-c2c1cc1ccccc1c2-c1cccc(-c2ccccc2)c1. The van der Waals surface area contributed by atoms with Crippen LogP contribution in [0, 0.1) is 0 Å². The van der Waals surface area contributed by atoms with Gasteiger partial charge in [-0.1, -0.05) is 159 Å². The minimum absolute atomic E-state index is 0.226. The van der Waals surface area contributed by atoms with Gasteiger partial charge in [0.25, 0.3) is 0 Å². The lowest BCUT2D eigenvalue weighted by Gasteiger charge is -2.23. The number of rotatable bonds is 5. The lowest BCUT2D eigenvalue weighted by atomic mass is 9.80. The highest BCUT2D eigenvalue weighted by Crippen LogP contribution is 2.55. The first-order chi connectivity index (χ1) is 24.0. The van der Waals surface area contributed by atoms with E-state index in [1.54, 1.807) is 0 Å². The number of hydrogen-bond donors (Lipinski definition) is 0. The summed E-state index contributed by atoms with van der Waals surface area (Å²) in [5.74, 6) is 0.732. The van der Waals surface area contributed by atoms with Gasteiger partial charge in [-0.2, -0.15) is 0 Å². The molecule has 0 fully saturated rings. The average molecular weight is 627 g/mol. The number of fused-ring (bicyclic) bond motifs is 4. The van der Waals surface area contributed by atoms with Gasteiger partial charge in [0.1, 0.15) is 0 Å². The molecule has 0 unspecified atom stereocenters. The molecule has 1 aliphatic rings. The molecular weight excluding hydrogens is 593 g/mol. The standard InChI is InChI=1S/C47H34N2/c1-47(2)40-29-37(46-48-42(32-17-8-4-9-18-32)30-43(49-46)33-19-10-5-11-20-33)25-26-39(40)45-41(47)28-35-21-12-13-24-38(35)44(45)36-23-14-22-34(27-36)31-15-6-3-7-16-31/h3-30H,1-2H3. The number of benzene rings is 7. The lowest BCUT2D eigenvalue weighted by molar-refractivity contribution is 0.661. The molecule has 0 spiro atoms. The largest absolute Gasteiger partial charge is 0.228 e. The van der Waals surface area contributed by atoms with Gasteiger partial charge in [0, 0.05) is 22.1 Å². The van der Waals surface area contributed by atoms with Crippen molar-refractivity contribution in [3.05, 3.63) is 181 Å². The highest BCUT2D eigenvalue weighted by molar-refractivity contribution is 6.08. The second-order valence-electron chi connectivity index (χ2n) is 13.4. The molecule has 7 aromatic carbocycles. The van der Waals surface area contributed by atoms with Crippen LogP contribution in [0.25, 0.3) is 78.1 Å². The fraction of sp³-hybridized carbons (Fsp3) is 0.0638. The zero-order valence-electron chi connectivity index (χ0n) is 27.6. The third-order valence-corrected chi connectivity index (χ3v) is 10.1. The first kappa shape index (κ1) is 29.1. The van der Waals surface area contributed by atoms with Gasteiger partial charge in [0.05, 0.1) is 11.4 Å². The van der Waals surface area contributed by atoms with Gasteiger partial charge < -0.3 is 0 Å². The molecule has 1 heterocycles. The molecule has 0 radical (unpaired) electrons. The summed E-state index contributed by atoms with van der Waals surface area (Å²) >= 11 is 0. The van der Waals surface area contributed by atoms with E-state index in [1.165, 1.54) is 55.3 Å². The van der Waals surface area contributed by atoms with E-state index in [1.807, 2.05) is 12.1 Å². The van der Waals surface area contributed by atoms with Crippen LogP contribution in [-0.4, -0.2) is 9.97 Å². The second-order valence-corrected chi connectivity index (χ2v) is 13.4. The molecule has 0 saturated carbocycles. The summed E-state index contributed by atoms with van der Waals surface area (Å²) in [6.45, 7) is 4.72. The van der Waals surface area contributed by atoms with E-state index in [0.717, 1.165) is 33.9 Å². The van der Waals surface area contributed by atoms with Gasteiger partial charge in [0.2, 0.25) is 0 Å². The molecule has 0 N–H and O–H groups in total. The maximum atomic E-state index is 5.16. The Morgan fingerprint density at radius 3 is 1.63 bits per heavy atom. The molecule has 9 rings (SSSR count). The Morgan fingerprint density at radius 1 is 0.388 bits per heavy atom. The van der Waals surface area contributed by atoms with Crippen molar-refractivity contribution in [1.82, 2.24) is 9.97 Å². The molecule has 1 aromatic heterocycles. The first-order valence-electron chi connectivity index (χ1n) is 16.9. The van der Waals surface area contributed by atoms with Crippen LogP contribution in [0.5, 0.6) is 0 Å². The van der Waals surface area contributed by atoms with Crippen LogP contribution in [0.3, 0.4) is 0 Å². The Labute approximate surface area is 287 Å². The zero-order chi connectivity index (χ0) is 33.0. The van der Waals surface area contributed by atoms with E-state index in [-0.39, 0.29) is 5.41 Å². The van der Waals surface area contributed by atoms with Crippen molar-refractivity contribution in [2.45, 2.75) is 19.3 Å². The fourth-order valence-electron chi connectivity index (χ4n) is 7.56. The van der Waals surface area contributed by atoms with E-state index < -0.39 is 0 Å². The van der Waals surface area contributed by atoms with E-state index in [4.69, 9.17) is 9.97 Å². The van der Waals surface area contributed by atoms with Crippen LogP contribution in [0.2, 0.25) is 0 Å². The van der Waals surface area contributed by atoms with Crippen molar-refractivity contribution < 1.29 is 0 Å². The van der Waals surface area contributed by atoms with Crippen molar-refractivity contribution in [1.29, 1.82) is 0 Å². The molecular formula is C47H34N2. The zero-order valence-corrected chi connectivity index (χ0v) is 27.6. The number of hydrogen-bond acceptors (Lipinski definition) is 2. The van der Waals surface area contributed by atoms with Crippen LogP contribution in [0.15, 0.2) is 170 Å². The van der Waals surface area contributed by atoms with Crippen LogP contribution in [-0.2, 0) is 5.41 Å². The summed E-state index contributed by atoms with van der Waals surface area (Å²) in [4.78, 5) is 10.3. The van der Waals surface area contributed by atoms with Gasteiger partial charge in [-0.3, -0.25) is 0 Å². The molecule has 49 heavy (non-hydrogen) atoms. The molecule has 2 heteroatoms. The van der Waals surface area contributed by atoms with Gasteiger partial charge in [-0.05, 0) is 79.5 Å². The highest BCUT2D eigenvalue weighted by atomic mass is 14.9. The minimum Gasteiger partial charge on any atom is -0.228 e. The topological polar surface area (TPSA) is 25.8 Å². The minimum atomic E-state index is -0.226. The Morgan fingerprint density at radius 2 is 0.959 bits per heavy atom. The third kappa shape index (κ3) is 4.96. The second kappa shape index (κ2) is 11.5. The monoisotopic (exact) mass is 626 g/mol. The summed E-state index contributed by atoms with van der Waals surface area (Å²) in [6.07, 6.45) is 0. The molecule has 8 aromatic rings. The molecule has 0 saturated heterocycles. The number of aromatic nitrogens is 2. The van der Waals surface area contributed by atoms with Crippen LogP contribution in [0.4, 0.5) is 0 Å². The van der Waals surface area contributed by atoms with E-state index in [9.17, 15) is 0 Å². The maximum absolute atomic E-state index is 5.16. The van der Waals surface area contributed by atoms with Crippen molar-refractivity contribution in [3.63, 3.8) is 0 Å². The Kier molecular flexibility index (Phi) is 6.84. The summed E-state index contributed by atoms with van der Waals surface area (Å²) in [6, 6.07) is 60.6. The summed E-state index contributed by atoms with van der Waals surface area (Å²) in [7, 11) is 0. The Hall–Kier alpha value is -6.12. The van der Waals surface area contributed by atoms with E-state index in [2.05, 4.69) is 172 Å². The normalized spacial score (nSPS) is 12.9. The maximum Gasteiger partial charge on any atom is 0.160 e. The van der Waals surface area contributed by atoms with Crippen molar-refractivity contribution in [2.75, 3.05) is 0 Å².